The Balaban J connectivity index is 1.95. The smallest absolute Gasteiger partial charge is 0.0785 e. The van der Waals surface area contributed by atoms with Gasteiger partial charge in [0.25, 0.3) is 0 Å². The highest BCUT2D eigenvalue weighted by Crippen LogP contribution is 2.38. The normalized spacial score (nSPS) is 14.7. The van der Waals surface area contributed by atoms with Gasteiger partial charge in [0.2, 0.25) is 0 Å². The van der Waals surface area contributed by atoms with E-state index in [0.29, 0.717) is 39.4 Å². The number of fused-ring (bicyclic) bond motifs is 8. The van der Waals surface area contributed by atoms with E-state index in [1.165, 1.54) is 0 Å². The fraction of sp³-hybridized carbons (Fsp3) is 0.353. The highest BCUT2D eigenvalue weighted by atomic mass is 16.4. The molecular formula is C34H36N4O6-2. The number of aromatic nitrogens is 4. The van der Waals surface area contributed by atoms with Gasteiger partial charge in [0.05, 0.1) is 35.0 Å². The minimum Gasteiger partial charge on any atom is -0.550 e. The average molecular weight is 597 g/mol. The number of nitrogens with zero attached hydrogens (tertiary/aromatic N) is 2. The molecule has 4 N–H and O–H groups in total. The number of carbonyl (C=O) groups excluding carboxylic acids is 2. The van der Waals surface area contributed by atoms with Crippen LogP contribution in [0.15, 0.2) is 24.3 Å². The van der Waals surface area contributed by atoms with E-state index >= 15 is 0 Å². The van der Waals surface area contributed by atoms with Gasteiger partial charge in [0.15, 0.2) is 0 Å². The third-order valence-corrected chi connectivity index (χ3v) is 8.63. The molecule has 3 aromatic rings. The molecule has 2 atom stereocenters. The molecule has 5 rings (SSSR count). The third-order valence-electron chi connectivity index (χ3n) is 8.63. The van der Waals surface area contributed by atoms with Crippen molar-refractivity contribution in [2.75, 3.05) is 0 Å². The van der Waals surface area contributed by atoms with Gasteiger partial charge in [0.1, 0.15) is 0 Å². The second-order valence-corrected chi connectivity index (χ2v) is 11.6. The van der Waals surface area contributed by atoms with Gasteiger partial charge in [-0.15, -0.1) is 0 Å². The Morgan fingerprint density at radius 2 is 1.05 bits per heavy atom. The van der Waals surface area contributed by atoms with Crippen LogP contribution in [0.25, 0.3) is 44.4 Å². The molecule has 0 radical (unpaired) electrons. The van der Waals surface area contributed by atoms with Crippen LogP contribution in [-0.4, -0.2) is 42.1 Å². The van der Waals surface area contributed by atoms with Gasteiger partial charge in [0, 0.05) is 45.1 Å². The van der Waals surface area contributed by atoms with Gasteiger partial charge in [-0.25, -0.2) is 9.97 Å². The molecule has 44 heavy (non-hydrogen) atoms. The Morgan fingerprint density at radius 1 is 0.659 bits per heavy atom. The first kappa shape index (κ1) is 30.9. The van der Waals surface area contributed by atoms with Crippen LogP contribution >= 0.6 is 0 Å². The van der Waals surface area contributed by atoms with Gasteiger partial charge in [-0.1, -0.05) is 0 Å². The summed E-state index contributed by atoms with van der Waals surface area (Å²) in [5.74, 6) is -2.35. The summed E-state index contributed by atoms with van der Waals surface area (Å²) in [7, 11) is 0. The summed E-state index contributed by atoms with van der Waals surface area (Å²) in [5.41, 5.74) is 11.3. The molecule has 2 aliphatic rings. The zero-order chi connectivity index (χ0) is 32.0. The van der Waals surface area contributed by atoms with Gasteiger partial charge in [-0.05, 0) is 125 Å². The van der Waals surface area contributed by atoms with Crippen molar-refractivity contribution < 1.29 is 30.0 Å². The number of hydrogen-bond acceptors (Lipinski definition) is 8. The van der Waals surface area contributed by atoms with Gasteiger partial charge >= 0.3 is 0 Å². The second kappa shape index (κ2) is 11.9. The van der Waals surface area contributed by atoms with E-state index in [4.69, 9.17) is 9.97 Å². The summed E-state index contributed by atoms with van der Waals surface area (Å²) in [4.78, 5) is 39.5. The summed E-state index contributed by atoms with van der Waals surface area (Å²) in [6.45, 7) is 11.0. The predicted molar refractivity (Wildman–Crippen MR) is 165 cm³/mol. The number of aromatic amines is 2. The van der Waals surface area contributed by atoms with E-state index in [-0.39, 0.29) is 25.7 Å². The lowest BCUT2D eigenvalue weighted by Crippen LogP contribution is -2.21. The lowest BCUT2D eigenvalue weighted by molar-refractivity contribution is -0.306. The number of aryl methyl sites for hydroxylation is 2. The van der Waals surface area contributed by atoms with Crippen molar-refractivity contribution >= 4 is 56.3 Å². The fourth-order valence-electron chi connectivity index (χ4n) is 6.31. The molecule has 0 amide bonds. The molecular weight excluding hydrogens is 560 g/mol. The first-order valence-electron chi connectivity index (χ1n) is 14.7. The van der Waals surface area contributed by atoms with Gasteiger partial charge in [-0.3, -0.25) is 0 Å². The van der Waals surface area contributed by atoms with Crippen LogP contribution < -0.4 is 10.2 Å². The van der Waals surface area contributed by atoms with E-state index in [1.54, 1.807) is 19.9 Å². The van der Waals surface area contributed by atoms with Crippen molar-refractivity contribution in [3.8, 4) is 0 Å². The number of carboxylic acids is 2. The number of aliphatic carboxylic acids is 2. The Labute approximate surface area is 254 Å². The number of hydrogen-bond donors (Lipinski definition) is 4. The first-order chi connectivity index (χ1) is 20.8. The van der Waals surface area contributed by atoms with Crippen LogP contribution in [0.3, 0.4) is 0 Å². The molecule has 0 aromatic carbocycles. The zero-order valence-corrected chi connectivity index (χ0v) is 25.7. The summed E-state index contributed by atoms with van der Waals surface area (Å²) < 4.78 is 0. The molecule has 0 saturated heterocycles. The highest BCUT2D eigenvalue weighted by Gasteiger charge is 2.23. The summed E-state index contributed by atoms with van der Waals surface area (Å²) in [5, 5.41) is 44.4. The number of carboxylic acid groups (broad SMARTS) is 2. The Bertz CT molecular complexity index is 1920. The zero-order valence-electron chi connectivity index (χ0n) is 25.7. The molecule has 0 fully saturated rings. The summed E-state index contributed by atoms with van der Waals surface area (Å²) in [6, 6.07) is 7.41. The Hall–Kier alpha value is -4.54. The van der Waals surface area contributed by atoms with E-state index in [2.05, 4.69) is 9.97 Å². The lowest BCUT2D eigenvalue weighted by atomic mass is 9.98. The van der Waals surface area contributed by atoms with Crippen LogP contribution in [0.5, 0.6) is 0 Å². The van der Waals surface area contributed by atoms with Crippen LogP contribution in [0.2, 0.25) is 0 Å². The first-order valence-corrected chi connectivity index (χ1v) is 14.7. The number of aliphatic hydroxyl groups is 2. The van der Waals surface area contributed by atoms with Gasteiger partial charge in [-0.2, -0.15) is 0 Å². The molecule has 3 aromatic heterocycles. The van der Waals surface area contributed by atoms with Crippen molar-refractivity contribution in [3.05, 3.63) is 69.3 Å². The fourth-order valence-corrected chi connectivity index (χ4v) is 6.31. The minimum atomic E-state index is -1.18. The predicted octanol–water partition coefficient (Wildman–Crippen LogP) is 3.96. The van der Waals surface area contributed by atoms with E-state index < -0.39 is 24.1 Å². The number of allylic oxidation sites excluding steroid dienone is 4. The minimum absolute atomic E-state index is 0.187. The van der Waals surface area contributed by atoms with E-state index in [1.807, 2.05) is 45.9 Å². The van der Waals surface area contributed by atoms with E-state index in [0.717, 1.165) is 50.0 Å². The number of H-pyrrole nitrogens is 2. The van der Waals surface area contributed by atoms with Crippen LogP contribution in [0.4, 0.5) is 0 Å². The maximum absolute atomic E-state index is 11.4. The second-order valence-electron chi connectivity index (χ2n) is 11.6. The largest absolute Gasteiger partial charge is 0.550 e. The third kappa shape index (κ3) is 5.70. The molecule has 0 aliphatic carbocycles. The lowest BCUT2D eigenvalue weighted by Gasteiger charge is -2.07. The van der Waals surface area contributed by atoms with Crippen LogP contribution in [0.1, 0.15) is 111 Å². The number of carbonyl (C=O) groups is 2. The van der Waals surface area contributed by atoms with Crippen LogP contribution in [-0.2, 0) is 9.59 Å². The summed E-state index contributed by atoms with van der Waals surface area (Å²) >= 11 is 0. The Morgan fingerprint density at radius 3 is 1.45 bits per heavy atom. The monoisotopic (exact) mass is 596 g/mol. The molecule has 10 heteroatoms. The molecule has 5 heterocycles. The quantitative estimate of drug-likeness (QED) is 0.302. The summed E-state index contributed by atoms with van der Waals surface area (Å²) in [6.07, 6.45) is -1.59. The molecule has 0 saturated carbocycles. The maximum atomic E-state index is 11.4. The number of nitrogens with one attached hydrogen (secondary N) is 2. The molecule has 230 valence electrons. The average Bonchev–Trinajstić information content (AvgIpc) is 3.59. The SMILES string of the molecule is CC1=C(CCC(=O)[O-])c2cc3nc(cc4[nH]c(cc5[nH]c(cc1n2)c(C)c5[C@@H](C)O)c(C)c4[C@@H](C)O)C(C)=C3CCC(=O)[O-]. The van der Waals surface area contributed by atoms with E-state index in [9.17, 15) is 30.0 Å². The Kier molecular flexibility index (Phi) is 8.33. The maximum Gasteiger partial charge on any atom is 0.0785 e. The highest BCUT2D eigenvalue weighted by molar-refractivity contribution is 5.96. The van der Waals surface area contributed by atoms with Gasteiger partial charge < -0.3 is 40.0 Å². The van der Waals surface area contributed by atoms with Crippen molar-refractivity contribution in [1.82, 2.24) is 19.9 Å². The van der Waals surface area contributed by atoms with Crippen molar-refractivity contribution in [2.45, 2.75) is 79.4 Å². The molecule has 10 nitrogen and oxygen atoms in total. The number of aliphatic hydroxyl groups excluding tert-OH is 2. The standard InChI is InChI=1S/C34H38N4O6/c1-15-21(7-9-31(41)42)27-14-28-22(8-10-32(43)44)16(2)24(36-28)12-29-34(20(6)40)18(4)26(38-29)13-30-33(19(5)39)17(3)25(37-30)11-23(15)35-27/h11-14,19-20,37-40H,7-10H2,1-6H3,(H,41,42)(H,43,44)/p-2/t19-,20-/m1/s1. The molecule has 2 aliphatic heterocycles. The number of rotatable bonds is 8. The van der Waals surface area contributed by atoms with Crippen molar-refractivity contribution in [3.63, 3.8) is 0 Å². The topological polar surface area (TPSA) is 178 Å². The van der Waals surface area contributed by atoms with Crippen molar-refractivity contribution in [1.29, 1.82) is 0 Å². The molecule has 8 bridgehead atoms. The molecule has 0 unspecified atom stereocenters. The molecule has 0 spiro atoms. The van der Waals surface area contributed by atoms with Crippen molar-refractivity contribution in [2.24, 2.45) is 0 Å². The van der Waals surface area contributed by atoms with Crippen LogP contribution in [0, 0.1) is 13.8 Å².